The van der Waals surface area contributed by atoms with E-state index in [2.05, 4.69) is 84.4 Å². The molecule has 0 amide bonds. The van der Waals surface area contributed by atoms with Gasteiger partial charge in [-0.25, -0.2) is 4.57 Å². The Kier molecular flexibility index (Phi) is 30.8. The third kappa shape index (κ3) is 32.8. The summed E-state index contributed by atoms with van der Waals surface area (Å²) in [5.74, 6) is -0.515. The van der Waals surface area contributed by atoms with Gasteiger partial charge in [0.25, 0.3) is 0 Å². The smallest absolute Gasteiger partial charge is 0.458 e. The molecule has 2 unspecified atom stereocenters. The van der Waals surface area contributed by atoms with Crippen molar-refractivity contribution < 1.29 is 32.8 Å². The first-order chi connectivity index (χ1) is 21.4. The Morgan fingerprint density at radius 1 is 0.682 bits per heavy atom. The summed E-state index contributed by atoms with van der Waals surface area (Å²) < 4.78 is 32.0. The zero-order valence-electron chi connectivity index (χ0n) is 27.4. The molecule has 0 aromatic heterocycles. The van der Waals surface area contributed by atoms with Crippen LogP contribution >= 0.6 is 7.82 Å². The van der Waals surface area contributed by atoms with Gasteiger partial charge in [0.05, 0.1) is 19.8 Å². The van der Waals surface area contributed by atoms with Gasteiger partial charge in [-0.1, -0.05) is 112 Å². The van der Waals surface area contributed by atoms with E-state index >= 15 is 0 Å². The molecule has 0 radical (unpaired) electrons. The Morgan fingerprint density at radius 2 is 1.16 bits per heavy atom. The summed E-state index contributed by atoms with van der Waals surface area (Å²) in [6, 6.07) is 0. The lowest BCUT2D eigenvalue weighted by molar-refractivity contribution is -0.151. The minimum absolute atomic E-state index is 0.0884. The van der Waals surface area contributed by atoms with Crippen molar-refractivity contribution in [1.29, 1.82) is 0 Å². The van der Waals surface area contributed by atoms with Gasteiger partial charge in [-0.3, -0.25) is 13.8 Å². The van der Waals surface area contributed by atoms with Crippen molar-refractivity contribution in [3.63, 3.8) is 0 Å². The van der Waals surface area contributed by atoms with Crippen LogP contribution in [-0.4, -0.2) is 49.9 Å². The molecule has 0 saturated carbocycles. The van der Waals surface area contributed by atoms with Crippen LogP contribution in [0.15, 0.2) is 72.9 Å². The SMILES string of the molecule is CC/C=C\C/C=C\C/C=C\C/C=C\C/C=C\C/C=C\CCCCCCCCCOCC(COP(=O)(O)OCCN)OC(C)=O. The van der Waals surface area contributed by atoms with Gasteiger partial charge in [0, 0.05) is 20.1 Å². The largest absolute Gasteiger partial charge is 0.472 e. The van der Waals surface area contributed by atoms with Crippen molar-refractivity contribution >= 4 is 13.8 Å². The number of carbonyl (C=O) groups is 1. The van der Waals surface area contributed by atoms with E-state index in [-0.39, 0.29) is 26.4 Å². The fourth-order valence-electron chi connectivity index (χ4n) is 3.94. The van der Waals surface area contributed by atoms with Crippen molar-refractivity contribution in [2.24, 2.45) is 5.73 Å². The zero-order valence-corrected chi connectivity index (χ0v) is 28.3. The molecule has 0 heterocycles. The van der Waals surface area contributed by atoms with Crippen molar-refractivity contribution in [2.75, 3.05) is 33.0 Å². The number of allylic oxidation sites excluding steroid dienone is 12. The minimum Gasteiger partial charge on any atom is -0.458 e. The van der Waals surface area contributed by atoms with Crippen LogP contribution in [-0.2, 0) is 27.9 Å². The van der Waals surface area contributed by atoms with Crippen LogP contribution in [0.3, 0.4) is 0 Å². The molecule has 0 aromatic carbocycles. The summed E-state index contributed by atoms with van der Waals surface area (Å²) in [5, 5.41) is 0. The third-order valence-electron chi connectivity index (χ3n) is 6.19. The topological polar surface area (TPSA) is 117 Å². The van der Waals surface area contributed by atoms with Crippen LogP contribution in [0.2, 0.25) is 0 Å². The number of phosphoric ester groups is 1. The van der Waals surface area contributed by atoms with Crippen LogP contribution in [0.25, 0.3) is 0 Å². The highest BCUT2D eigenvalue weighted by Crippen LogP contribution is 2.43. The predicted molar refractivity (Wildman–Crippen MR) is 182 cm³/mol. The molecule has 0 fully saturated rings. The van der Waals surface area contributed by atoms with Gasteiger partial charge < -0.3 is 20.1 Å². The number of hydrogen-bond acceptors (Lipinski definition) is 7. The number of carbonyl (C=O) groups excluding carboxylic acids is 1. The Bertz CT molecular complexity index is 896. The molecule has 0 spiro atoms. The number of phosphoric acid groups is 1. The van der Waals surface area contributed by atoms with E-state index in [0.29, 0.717) is 6.61 Å². The molecule has 0 aliphatic heterocycles. The van der Waals surface area contributed by atoms with Gasteiger partial charge in [0.2, 0.25) is 0 Å². The van der Waals surface area contributed by atoms with Crippen LogP contribution in [0.1, 0.15) is 104 Å². The van der Waals surface area contributed by atoms with Gasteiger partial charge in [-0.15, -0.1) is 0 Å². The molecule has 0 bridgehead atoms. The molecule has 44 heavy (non-hydrogen) atoms. The Hall–Kier alpha value is -2.06. The number of rotatable bonds is 30. The van der Waals surface area contributed by atoms with Crippen LogP contribution in [0.4, 0.5) is 0 Å². The minimum atomic E-state index is -4.23. The lowest BCUT2D eigenvalue weighted by Gasteiger charge is -2.19. The summed E-state index contributed by atoms with van der Waals surface area (Å²) in [5.41, 5.74) is 5.25. The van der Waals surface area contributed by atoms with Crippen molar-refractivity contribution in [2.45, 2.75) is 110 Å². The second kappa shape index (κ2) is 32.3. The molecule has 0 aliphatic carbocycles. The second-order valence-electron chi connectivity index (χ2n) is 10.4. The molecule has 0 aromatic rings. The Labute approximate surface area is 267 Å². The molecule has 252 valence electrons. The average Bonchev–Trinajstić information content (AvgIpc) is 3.00. The second-order valence-corrected chi connectivity index (χ2v) is 11.8. The van der Waals surface area contributed by atoms with Gasteiger partial charge in [-0.2, -0.15) is 0 Å². The van der Waals surface area contributed by atoms with Crippen LogP contribution in [0.5, 0.6) is 0 Å². The first kappa shape index (κ1) is 41.9. The highest BCUT2D eigenvalue weighted by Gasteiger charge is 2.24. The predicted octanol–water partition coefficient (Wildman–Crippen LogP) is 8.85. The van der Waals surface area contributed by atoms with E-state index in [0.717, 1.165) is 64.2 Å². The highest BCUT2D eigenvalue weighted by molar-refractivity contribution is 7.47. The zero-order chi connectivity index (χ0) is 32.4. The number of esters is 1. The fraction of sp³-hybridized carbons (Fsp3) is 0.629. The number of nitrogens with two attached hydrogens (primary N) is 1. The number of hydrogen-bond donors (Lipinski definition) is 2. The summed E-state index contributed by atoms with van der Waals surface area (Å²) in [4.78, 5) is 20.9. The van der Waals surface area contributed by atoms with Crippen molar-refractivity contribution in [3.8, 4) is 0 Å². The lowest BCUT2D eigenvalue weighted by Crippen LogP contribution is -2.27. The van der Waals surface area contributed by atoms with Crippen molar-refractivity contribution in [3.05, 3.63) is 72.9 Å². The lowest BCUT2D eigenvalue weighted by atomic mass is 10.1. The molecule has 8 nitrogen and oxygen atoms in total. The fourth-order valence-corrected chi connectivity index (χ4v) is 4.70. The Balaban J connectivity index is 3.65. The molecule has 0 saturated heterocycles. The molecular formula is C35H60NO7P. The summed E-state index contributed by atoms with van der Waals surface area (Å²) in [7, 11) is -4.23. The van der Waals surface area contributed by atoms with E-state index < -0.39 is 19.9 Å². The van der Waals surface area contributed by atoms with Gasteiger partial charge >= 0.3 is 13.8 Å². The highest BCUT2D eigenvalue weighted by atomic mass is 31.2. The van der Waals surface area contributed by atoms with E-state index in [1.807, 2.05) is 0 Å². The summed E-state index contributed by atoms with van der Waals surface area (Å²) in [6.45, 7) is 3.73. The average molecular weight is 638 g/mol. The van der Waals surface area contributed by atoms with E-state index in [4.69, 9.17) is 19.7 Å². The van der Waals surface area contributed by atoms with Gasteiger partial charge in [-0.05, 0) is 57.8 Å². The quantitative estimate of drug-likeness (QED) is 0.0347. The number of ether oxygens (including phenoxy) is 2. The molecular weight excluding hydrogens is 577 g/mol. The van der Waals surface area contributed by atoms with E-state index in [1.165, 1.54) is 32.6 Å². The molecule has 2 atom stereocenters. The summed E-state index contributed by atoms with van der Waals surface area (Å²) in [6.07, 6.45) is 41.3. The van der Waals surface area contributed by atoms with Crippen molar-refractivity contribution in [1.82, 2.24) is 0 Å². The third-order valence-corrected chi connectivity index (χ3v) is 7.17. The van der Waals surface area contributed by atoms with Gasteiger partial charge in [0.1, 0.15) is 6.10 Å². The maximum absolute atomic E-state index is 11.7. The van der Waals surface area contributed by atoms with E-state index in [1.54, 1.807) is 0 Å². The Morgan fingerprint density at radius 3 is 1.66 bits per heavy atom. The molecule has 0 rings (SSSR count). The normalized spacial score (nSPS) is 14.7. The molecule has 3 N–H and O–H groups in total. The van der Waals surface area contributed by atoms with E-state index in [9.17, 15) is 14.3 Å². The first-order valence-electron chi connectivity index (χ1n) is 16.4. The van der Waals surface area contributed by atoms with Crippen LogP contribution < -0.4 is 5.73 Å². The summed E-state index contributed by atoms with van der Waals surface area (Å²) >= 11 is 0. The maximum atomic E-state index is 11.7. The molecule has 9 heteroatoms. The maximum Gasteiger partial charge on any atom is 0.472 e. The monoisotopic (exact) mass is 637 g/mol. The standard InChI is InChI=1S/C35H60NO7P/c1-3-4-5-6-7-8-9-10-11-12-13-14-15-16-17-18-19-20-21-22-23-24-25-26-27-28-30-40-32-35(43-34(2)37)33-42-44(38,39)41-31-29-36/h4-5,7-8,10-11,13-14,16-17,19-20,35H,3,6,9,12,15,18,21-33,36H2,1-2H3,(H,38,39)/b5-4-,8-7-,11-10-,14-13-,17-16-,20-19-. The number of unbranched alkanes of at least 4 members (excludes halogenated alkanes) is 7. The first-order valence-corrected chi connectivity index (χ1v) is 17.9. The van der Waals surface area contributed by atoms with Crippen LogP contribution in [0, 0.1) is 0 Å². The van der Waals surface area contributed by atoms with Gasteiger partial charge in [0.15, 0.2) is 0 Å². The molecule has 0 aliphatic rings.